The number of aromatic amines is 1. The van der Waals surface area contributed by atoms with Crippen molar-refractivity contribution in [2.45, 2.75) is 26.3 Å². The van der Waals surface area contributed by atoms with Crippen LogP contribution >= 0.6 is 11.6 Å². The van der Waals surface area contributed by atoms with E-state index in [4.69, 9.17) is 11.6 Å². The van der Waals surface area contributed by atoms with Crippen molar-refractivity contribution in [2.75, 3.05) is 6.54 Å². The minimum absolute atomic E-state index is 0.262. The second-order valence-corrected chi connectivity index (χ2v) is 4.79. The number of aryl methyl sites for hydroxylation is 1. The molecule has 1 aromatic carbocycles. The normalized spacial score (nSPS) is 12.6. The Morgan fingerprint density at radius 2 is 2.28 bits per heavy atom. The van der Waals surface area contributed by atoms with E-state index in [-0.39, 0.29) is 6.04 Å². The lowest BCUT2D eigenvalue weighted by atomic mass is 9.98. The molecule has 18 heavy (non-hydrogen) atoms. The summed E-state index contributed by atoms with van der Waals surface area (Å²) in [5, 5.41) is 4.28. The SMILES string of the molecule is CCNC(Cc1ncc[nH]1)c1ccc(Cl)cc1C. The number of nitrogens with zero attached hydrogens (tertiary/aromatic N) is 1. The predicted octanol–water partition coefficient (Wildman–Crippen LogP) is 3.26. The first kappa shape index (κ1) is 13.1. The van der Waals surface area contributed by atoms with Crippen molar-refractivity contribution in [1.29, 1.82) is 0 Å². The predicted molar refractivity (Wildman–Crippen MR) is 74.9 cm³/mol. The molecule has 0 aliphatic rings. The zero-order valence-electron chi connectivity index (χ0n) is 10.7. The van der Waals surface area contributed by atoms with Gasteiger partial charge in [0.2, 0.25) is 0 Å². The summed E-state index contributed by atoms with van der Waals surface area (Å²) in [7, 11) is 0. The summed E-state index contributed by atoms with van der Waals surface area (Å²) in [6.07, 6.45) is 4.49. The fourth-order valence-corrected chi connectivity index (χ4v) is 2.40. The van der Waals surface area contributed by atoms with Crippen LogP contribution < -0.4 is 5.32 Å². The molecule has 0 fully saturated rings. The molecule has 1 heterocycles. The molecule has 0 saturated carbocycles. The molecule has 2 N–H and O–H groups in total. The molecule has 1 atom stereocenters. The highest BCUT2D eigenvalue weighted by atomic mass is 35.5. The monoisotopic (exact) mass is 263 g/mol. The topological polar surface area (TPSA) is 40.7 Å². The van der Waals surface area contributed by atoms with Crippen LogP contribution in [0.2, 0.25) is 5.02 Å². The lowest BCUT2D eigenvalue weighted by Crippen LogP contribution is -2.24. The second-order valence-electron chi connectivity index (χ2n) is 4.35. The van der Waals surface area contributed by atoms with Gasteiger partial charge in [0.25, 0.3) is 0 Å². The molecule has 1 aromatic heterocycles. The maximum Gasteiger partial charge on any atom is 0.107 e. The van der Waals surface area contributed by atoms with Gasteiger partial charge < -0.3 is 10.3 Å². The number of aromatic nitrogens is 2. The van der Waals surface area contributed by atoms with E-state index in [9.17, 15) is 0 Å². The summed E-state index contributed by atoms with van der Waals surface area (Å²) in [5.41, 5.74) is 2.48. The van der Waals surface area contributed by atoms with Crippen molar-refractivity contribution in [2.24, 2.45) is 0 Å². The van der Waals surface area contributed by atoms with Crippen LogP contribution in [0.4, 0.5) is 0 Å². The van der Waals surface area contributed by atoms with Crippen LogP contribution in [0.3, 0.4) is 0 Å². The number of H-pyrrole nitrogens is 1. The minimum atomic E-state index is 0.262. The van der Waals surface area contributed by atoms with E-state index in [0.717, 1.165) is 23.8 Å². The van der Waals surface area contributed by atoms with Crippen LogP contribution in [0.5, 0.6) is 0 Å². The third-order valence-corrected chi connectivity index (χ3v) is 3.25. The summed E-state index contributed by atoms with van der Waals surface area (Å²) in [6, 6.07) is 6.30. The van der Waals surface area contributed by atoms with Crippen LogP contribution in [0.1, 0.15) is 29.9 Å². The lowest BCUT2D eigenvalue weighted by molar-refractivity contribution is 0.537. The number of halogens is 1. The molecule has 3 nitrogen and oxygen atoms in total. The van der Waals surface area contributed by atoms with Crippen LogP contribution in [0.15, 0.2) is 30.6 Å². The molecule has 96 valence electrons. The van der Waals surface area contributed by atoms with E-state index < -0.39 is 0 Å². The average Bonchev–Trinajstić information content (AvgIpc) is 2.81. The zero-order valence-corrected chi connectivity index (χ0v) is 11.5. The zero-order chi connectivity index (χ0) is 13.0. The molecule has 0 saturated heterocycles. The molecule has 2 rings (SSSR count). The van der Waals surface area contributed by atoms with E-state index in [1.165, 1.54) is 11.1 Å². The van der Waals surface area contributed by atoms with E-state index in [2.05, 4.69) is 35.2 Å². The van der Waals surface area contributed by atoms with Gasteiger partial charge in [0.15, 0.2) is 0 Å². The van der Waals surface area contributed by atoms with Gasteiger partial charge in [0.05, 0.1) is 0 Å². The van der Waals surface area contributed by atoms with Gasteiger partial charge in [-0.2, -0.15) is 0 Å². The maximum absolute atomic E-state index is 6.00. The van der Waals surface area contributed by atoms with Crippen molar-refractivity contribution >= 4 is 11.6 Å². The molecule has 2 aromatic rings. The van der Waals surface area contributed by atoms with Crippen molar-refractivity contribution in [3.63, 3.8) is 0 Å². The Bertz CT molecular complexity index is 494. The molecule has 0 aliphatic carbocycles. The standard InChI is InChI=1S/C14H18ClN3/c1-3-16-13(9-14-17-6-7-18-14)12-5-4-11(15)8-10(12)2/h4-8,13,16H,3,9H2,1-2H3,(H,17,18). The van der Waals surface area contributed by atoms with Gasteiger partial charge in [-0.3, -0.25) is 0 Å². The molecule has 0 amide bonds. The van der Waals surface area contributed by atoms with Crippen molar-refractivity contribution < 1.29 is 0 Å². The number of rotatable bonds is 5. The molecule has 1 unspecified atom stereocenters. The second kappa shape index (κ2) is 6.03. The summed E-state index contributed by atoms with van der Waals surface area (Å²) >= 11 is 6.00. The van der Waals surface area contributed by atoms with Gasteiger partial charge in [-0.25, -0.2) is 4.98 Å². The summed E-state index contributed by atoms with van der Waals surface area (Å²) in [4.78, 5) is 7.44. The smallest absolute Gasteiger partial charge is 0.107 e. The fourth-order valence-electron chi connectivity index (χ4n) is 2.17. The van der Waals surface area contributed by atoms with Gasteiger partial charge in [-0.15, -0.1) is 0 Å². The van der Waals surface area contributed by atoms with E-state index in [0.29, 0.717) is 0 Å². The first-order chi connectivity index (χ1) is 8.70. The van der Waals surface area contributed by atoms with Crippen LogP contribution in [0, 0.1) is 6.92 Å². The summed E-state index contributed by atoms with van der Waals surface area (Å²) in [6.45, 7) is 5.13. The quantitative estimate of drug-likeness (QED) is 0.869. The average molecular weight is 264 g/mol. The Hall–Kier alpha value is -1.32. The van der Waals surface area contributed by atoms with Crippen molar-refractivity contribution in [3.8, 4) is 0 Å². The highest BCUT2D eigenvalue weighted by Crippen LogP contribution is 2.23. The highest BCUT2D eigenvalue weighted by Gasteiger charge is 2.14. The number of nitrogens with one attached hydrogen (secondary N) is 2. The largest absolute Gasteiger partial charge is 0.349 e. The molecule has 0 bridgehead atoms. The Balaban J connectivity index is 2.23. The highest BCUT2D eigenvalue weighted by molar-refractivity contribution is 6.30. The third-order valence-electron chi connectivity index (χ3n) is 3.01. The van der Waals surface area contributed by atoms with Gasteiger partial charge in [0, 0.05) is 29.9 Å². The molecule has 0 spiro atoms. The number of hydrogen-bond donors (Lipinski definition) is 2. The van der Waals surface area contributed by atoms with Crippen LogP contribution in [-0.4, -0.2) is 16.5 Å². The van der Waals surface area contributed by atoms with E-state index >= 15 is 0 Å². The Morgan fingerprint density at radius 3 is 2.89 bits per heavy atom. The first-order valence-electron chi connectivity index (χ1n) is 6.18. The number of imidazole rings is 1. The molecular weight excluding hydrogens is 246 g/mol. The Labute approximate surface area is 113 Å². The number of hydrogen-bond acceptors (Lipinski definition) is 2. The summed E-state index contributed by atoms with van der Waals surface area (Å²) < 4.78 is 0. The Morgan fingerprint density at radius 1 is 1.44 bits per heavy atom. The van der Waals surface area contributed by atoms with Crippen molar-refractivity contribution in [1.82, 2.24) is 15.3 Å². The van der Waals surface area contributed by atoms with Gasteiger partial charge in [0.1, 0.15) is 5.82 Å². The number of benzene rings is 1. The molecule has 4 heteroatoms. The fraction of sp³-hybridized carbons (Fsp3) is 0.357. The van der Waals surface area contributed by atoms with Crippen LogP contribution in [-0.2, 0) is 6.42 Å². The summed E-state index contributed by atoms with van der Waals surface area (Å²) in [5.74, 6) is 0.996. The molecular formula is C14H18ClN3. The molecule has 0 radical (unpaired) electrons. The van der Waals surface area contributed by atoms with Crippen molar-refractivity contribution in [3.05, 3.63) is 52.6 Å². The van der Waals surface area contributed by atoms with Gasteiger partial charge in [-0.1, -0.05) is 24.6 Å². The maximum atomic E-state index is 6.00. The lowest BCUT2D eigenvalue weighted by Gasteiger charge is -2.19. The first-order valence-corrected chi connectivity index (χ1v) is 6.56. The Kier molecular flexibility index (Phi) is 4.39. The van der Waals surface area contributed by atoms with Gasteiger partial charge >= 0.3 is 0 Å². The van der Waals surface area contributed by atoms with Gasteiger partial charge in [-0.05, 0) is 36.7 Å². The third kappa shape index (κ3) is 3.12. The van der Waals surface area contributed by atoms with E-state index in [1.807, 2.05) is 18.3 Å². The molecule has 0 aliphatic heterocycles. The van der Waals surface area contributed by atoms with E-state index in [1.54, 1.807) is 6.20 Å². The van der Waals surface area contributed by atoms with Crippen LogP contribution in [0.25, 0.3) is 0 Å². The number of likely N-dealkylation sites (N-methyl/N-ethyl adjacent to an activating group) is 1. The minimum Gasteiger partial charge on any atom is -0.349 e.